The van der Waals surface area contributed by atoms with Crippen LogP contribution in [0, 0.1) is 0 Å². The van der Waals surface area contributed by atoms with Gasteiger partial charge in [-0.05, 0) is 28.1 Å². The smallest absolute Gasteiger partial charge is 0.379 e. The molecule has 1 N–H and O–H groups in total. The molecule has 6 atom stereocenters. The van der Waals surface area contributed by atoms with Crippen molar-refractivity contribution < 1.29 is 66.7 Å². The molecule has 0 unspecified atom stereocenters. The third-order valence-corrected chi connectivity index (χ3v) is 8.22. The summed E-state index contributed by atoms with van der Waals surface area (Å²) in [6.45, 7) is 5.95. The van der Waals surface area contributed by atoms with Crippen molar-refractivity contribution in [2.24, 2.45) is 0 Å². The zero-order chi connectivity index (χ0) is 36.1. The highest BCUT2D eigenvalue weighted by Gasteiger charge is 2.60. The number of esters is 5. The van der Waals surface area contributed by atoms with E-state index >= 15 is 0 Å². The molecule has 16 nitrogen and oxygen atoms in total. The number of methoxy groups -OCH3 is 1. The molecule has 18 heteroatoms. The predicted molar refractivity (Wildman–Crippen MR) is 167 cm³/mol. The number of fused-ring (bicyclic) bond motifs is 1. The fraction of sp³-hybridized carbons (Fsp3) is 0.500. The number of hydrogen-bond donors (Lipinski definition) is 1. The van der Waals surface area contributed by atoms with Gasteiger partial charge in [0.1, 0.15) is 18.8 Å². The Bertz CT molecular complexity index is 1630. The van der Waals surface area contributed by atoms with Gasteiger partial charge in [-0.3, -0.25) is 33.3 Å². The van der Waals surface area contributed by atoms with E-state index in [0.717, 1.165) is 41.7 Å². The highest BCUT2D eigenvalue weighted by atomic mass is 79.9. The summed E-state index contributed by atoms with van der Waals surface area (Å²) in [5, 5.41) is 2.84. The molecule has 0 aliphatic carbocycles. The zero-order valence-corrected chi connectivity index (χ0v) is 29.3. The summed E-state index contributed by atoms with van der Waals surface area (Å²) in [6, 6.07) is 1.76. The molecular weight excluding hydrogens is 728 g/mol. The molecule has 1 aromatic carbocycles. The Morgan fingerprint density at radius 2 is 1.65 bits per heavy atom. The molecule has 0 radical (unpaired) electrons. The Hall–Kier alpha value is -4.22. The molecule has 1 fully saturated rings. The first-order valence-electron chi connectivity index (χ1n) is 14.3. The lowest BCUT2D eigenvalue weighted by atomic mass is 9.88. The number of halogens is 2. The van der Waals surface area contributed by atoms with Crippen LogP contribution in [0.3, 0.4) is 0 Å². The van der Waals surface area contributed by atoms with Gasteiger partial charge in [0.05, 0.1) is 41.7 Å². The lowest BCUT2D eigenvalue weighted by Gasteiger charge is -2.48. The standard InChI is InChI=1S/C30H34BrClN2O14/c1-13(35)33-26-21(44-16(4)38)10-30(29(41)42-7,47-22-11-34(14(2)36)20-9-8-19(31)25(32)24(20)22)48-28(26)27(46-18(6)40)23(45-17(5)39)12-43-15(3)37/h8-9,11,21,23,26-28H,10,12H2,1-7H3,(H,33,35)/t21-,23-,26-,27+,28+,30+/m0/s1. The number of benzene rings is 1. The van der Waals surface area contributed by atoms with Gasteiger partial charge in [0.2, 0.25) is 11.8 Å². The van der Waals surface area contributed by atoms with E-state index in [4.69, 9.17) is 44.8 Å². The van der Waals surface area contributed by atoms with Crippen molar-refractivity contribution in [3.63, 3.8) is 0 Å². The number of aromatic nitrogens is 1. The molecule has 262 valence electrons. The minimum atomic E-state index is -2.57. The number of hydrogen-bond acceptors (Lipinski definition) is 14. The molecule has 0 bridgehead atoms. The maximum Gasteiger partial charge on any atom is 0.379 e. The minimum absolute atomic E-state index is 0.0941. The summed E-state index contributed by atoms with van der Waals surface area (Å²) >= 11 is 9.95. The number of nitrogens with zero attached hydrogens (tertiary/aromatic N) is 1. The molecule has 1 amide bonds. The van der Waals surface area contributed by atoms with Gasteiger partial charge >= 0.3 is 35.6 Å². The summed E-state index contributed by atoms with van der Waals surface area (Å²) in [4.78, 5) is 87.6. The molecule has 1 aliphatic rings. The van der Waals surface area contributed by atoms with Crippen LogP contribution in [0.4, 0.5) is 0 Å². The fourth-order valence-corrected chi connectivity index (χ4v) is 5.83. The summed E-state index contributed by atoms with van der Waals surface area (Å²) in [7, 11) is 1.01. The molecule has 1 aliphatic heterocycles. The van der Waals surface area contributed by atoms with Crippen LogP contribution in [-0.4, -0.2) is 96.2 Å². The number of rotatable bonds is 11. The molecule has 1 aromatic heterocycles. The van der Waals surface area contributed by atoms with Gasteiger partial charge in [-0.15, -0.1) is 0 Å². The second-order valence-corrected chi connectivity index (χ2v) is 11.9. The highest BCUT2D eigenvalue weighted by molar-refractivity contribution is 9.10. The second kappa shape index (κ2) is 15.8. The van der Waals surface area contributed by atoms with E-state index in [2.05, 4.69) is 21.2 Å². The topological polar surface area (TPSA) is 201 Å². The summed E-state index contributed by atoms with van der Waals surface area (Å²) in [5.74, 6) is -8.49. The average Bonchev–Trinajstić information content (AvgIpc) is 3.34. The zero-order valence-electron chi connectivity index (χ0n) is 27.0. The third kappa shape index (κ3) is 8.82. The van der Waals surface area contributed by atoms with Gasteiger partial charge in [-0.2, -0.15) is 0 Å². The summed E-state index contributed by atoms with van der Waals surface area (Å²) in [5.41, 5.74) is 0.292. The fourth-order valence-electron chi connectivity index (χ4n) is 5.25. The molecule has 3 rings (SSSR count). The second-order valence-electron chi connectivity index (χ2n) is 10.7. The van der Waals surface area contributed by atoms with Crippen LogP contribution >= 0.6 is 27.5 Å². The quantitative estimate of drug-likeness (QED) is 0.259. The van der Waals surface area contributed by atoms with Crippen LogP contribution in [0.15, 0.2) is 22.8 Å². The van der Waals surface area contributed by atoms with E-state index < -0.39 is 90.9 Å². The van der Waals surface area contributed by atoms with Gasteiger partial charge in [-0.25, -0.2) is 4.79 Å². The first-order valence-corrected chi connectivity index (χ1v) is 15.4. The summed E-state index contributed by atoms with van der Waals surface area (Å²) in [6.07, 6.45) is -5.91. The van der Waals surface area contributed by atoms with Crippen molar-refractivity contribution in [1.29, 1.82) is 0 Å². The first kappa shape index (κ1) is 38.2. The van der Waals surface area contributed by atoms with E-state index in [1.807, 2.05) is 0 Å². The summed E-state index contributed by atoms with van der Waals surface area (Å²) < 4.78 is 40.8. The molecule has 2 aromatic rings. The van der Waals surface area contributed by atoms with Crippen LogP contribution in [0.25, 0.3) is 10.9 Å². The van der Waals surface area contributed by atoms with Crippen molar-refractivity contribution in [3.05, 3.63) is 27.8 Å². The largest absolute Gasteiger partial charge is 0.464 e. The SMILES string of the molecule is COC(=O)[C@@]1(Oc2cn(C(C)=O)c3ccc(Br)c(Cl)c23)C[C@H](OC(C)=O)[C@H](NC(C)=O)[C@H]([C@H](OC(C)=O)[C@H](COC(C)=O)OC(C)=O)O1. The molecular formula is C30H34BrClN2O14. The predicted octanol–water partition coefficient (Wildman–Crippen LogP) is 2.62. The first-order chi connectivity index (χ1) is 22.4. The van der Waals surface area contributed by atoms with Crippen LogP contribution in [0.1, 0.15) is 52.8 Å². The normalized spacial score (nSPS) is 21.6. The van der Waals surface area contributed by atoms with Gasteiger partial charge in [0.15, 0.2) is 18.0 Å². The Balaban J connectivity index is 2.35. The van der Waals surface area contributed by atoms with Gasteiger partial charge < -0.3 is 38.5 Å². The average molecular weight is 762 g/mol. The Kier molecular flexibility index (Phi) is 12.6. The third-order valence-electron chi connectivity index (χ3n) is 6.93. The van der Waals surface area contributed by atoms with E-state index in [-0.39, 0.29) is 16.2 Å². The molecule has 1 saturated heterocycles. The van der Waals surface area contributed by atoms with Crippen molar-refractivity contribution in [1.82, 2.24) is 9.88 Å². The van der Waals surface area contributed by atoms with Crippen molar-refractivity contribution in [2.45, 2.75) is 84.2 Å². The lowest BCUT2D eigenvalue weighted by molar-refractivity contribution is -0.289. The molecule has 0 saturated carbocycles. The maximum absolute atomic E-state index is 13.8. The van der Waals surface area contributed by atoms with E-state index in [0.29, 0.717) is 9.99 Å². The van der Waals surface area contributed by atoms with Crippen LogP contribution in [0.2, 0.25) is 5.02 Å². The van der Waals surface area contributed by atoms with Crippen LogP contribution in [0.5, 0.6) is 5.75 Å². The minimum Gasteiger partial charge on any atom is -0.464 e. The van der Waals surface area contributed by atoms with Crippen LogP contribution < -0.4 is 10.1 Å². The number of nitrogens with one attached hydrogen (secondary N) is 1. The van der Waals surface area contributed by atoms with Crippen molar-refractivity contribution >= 4 is 80.1 Å². The Labute approximate surface area is 287 Å². The molecule has 2 heterocycles. The number of ether oxygens (including phenoxy) is 7. The Morgan fingerprint density at radius 3 is 2.17 bits per heavy atom. The highest BCUT2D eigenvalue weighted by Crippen LogP contribution is 2.43. The van der Waals surface area contributed by atoms with E-state index in [1.165, 1.54) is 17.7 Å². The number of carbonyl (C=O) groups is 7. The molecule has 0 spiro atoms. The Morgan fingerprint density at radius 1 is 1.00 bits per heavy atom. The number of carbonyl (C=O) groups excluding carboxylic acids is 7. The lowest BCUT2D eigenvalue weighted by Crippen LogP contribution is -2.70. The van der Waals surface area contributed by atoms with Gasteiger partial charge in [0.25, 0.3) is 0 Å². The van der Waals surface area contributed by atoms with E-state index in [9.17, 15) is 33.6 Å². The maximum atomic E-state index is 13.8. The van der Waals surface area contributed by atoms with E-state index in [1.54, 1.807) is 12.1 Å². The van der Waals surface area contributed by atoms with Gasteiger partial charge in [0, 0.05) is 46.0 Å². The van der Waals surface area contributed by atoms with Crippen molar-refractivity contribution in [2.75, 3.05) is 13.7 Å². The molecule has 48 heavy (non-hydrogen) atoms. The van der Waals surface area contributed by atoms with Crippen molar-refractivity contribution in [3.8, 4) is 5.75 Å². The van der Waals surface area contributed by atoms with Crippen LogP contribution in [-0.2, 0) is 57.2 Å². The number of amides is 1. The monoisotopic (exact) mass is 760 g/mol. The van der Waals surface area contributed by atoms with Gasteiger partial charge in [-0.1, -0.05) is 11.6 Å².